The lowest BCUT2D eigenvalue weighted by molar-refractivity contribution is 0.416. The van der Waals surface area contributed by atoms with Crippen LogP contribution in [0, 0.1) is 5.41 Å². The fraction of sp³-hybridized carbons (Fsp3) is 0.588. The molecule has 3 nitrogen and oxygen atoms in total. The molecule has 0 saturated heterocycles. The fourth-order valence-corrected chi connectivity index (χ4v) is 3.27. The highest BCUT2D eigenvalue weighted by molar-refractivity contribution is 5.75. The van der Waals surface area contributed by atoms with Gasteiger partial charge in [0, 0.05) is 13.1 Å². The van der Waals surface area contributed by atoms with E-state index in [4.69, 9.17) is 4.98 Å². The van der Waals surface area contributed by atoms with Crippen LogP contribution in [0.2, 0.25) is 0 Å². The van der Waals surface area contributed by atoms with Gasteiger partial charge in [0.25, 0.3) is 0 Å². The summed E-state index contributed by atoms with van der Waals surface area (Å²) >= 11 is 0. The summed E-state index contributed by atoms with van der Waals surface area (Å²) in [5.41, 5.74) is 2.97. The third-order valence-electron chi connectivity index (χ3n) is 4.57. The lowest BCUT2D eigenvalue weighted by Gasteiger charge is -2.15. The Morgan fingerprint density at radius 2 is 2.05 bits per heavy atom. The van der Waals surface area contributed by atoms with Gasteiger partial charge in [-0.05, 0) is 43.7 Å². The molecule has 0 aliphatic heterocycles. The average molecular weight is 271 g/mol. The quantitative estimate of drug-likeness (QED) is 0.831. The van der Waals surface area contributed by atoms with Crippen molar-refractivity contribution in [3.63, 3.8) is 0 Å². The molecule has 20 heavy (non-hydrogen) atoms. The van der Waals surface area contributed by atoms with Crippen LogP contribution in [0.15, 0.2) is 24.3 Å². The molecule has 108 valence electrons. The SMILES string of the molecule is CCCC1(CNCc2nc3ccccc3n2CC)CC1. The molecule has 0 radical (unpaired) electrons. The van der Waals surface area contributed by atoms with Crippen LogP contribution < -0.4 is 5.32 Å². The zero-order valence-electron chi connectivity index (χ0n) is 12.7. The normalized spacial score (nSPS) is 16.7. The van der Waals surface area contributed by atoms with Crippen LogP contribution in [0.4, 0.5) is 0 Å². The molecule has 1 heterocycles. The Morgan fingerprint density at radius 1 is 1.25 bits per heavy atom. The summed E-state index contributed by atoms with van der Waals surface area (Å²) < 4.78 is 2.32. The molecular formula is C17H25N3. The van der Waals surface area contributed by atoms with Gasteiger partial charge >= 0.3 is 0 Å². The molecule has 0 bridgehead atoms. The third-order valence-corrected chi connectivity index (χ3v) is 4.57. The van der Waals surface area contributed by atoms with Gasteiger partial charge in [-0.1, -0.05) is 25.5 Å². The zero-order valence-corrected chi connectivity index (χ0v) is 12.7. The van der Waals surface area contributed by atoms with Crippen molar-refractivity contribution < 1.29 is 0 Å². The van der Waals surface area contributed by atoms with Crippen molar-refractivity contribution in [2.75, 3.05) is 6.54 Å². The monoisotopic (exact) mass is 271 g/mol. The van der Waals surface area contributed by atoms with Crippen molar-refractivity contribution in [2.45, 2.75) is 52.6 Å². The van der Waals surface area contributed by atoms with E-state index in [1.165, 1.54) is 37.0 Å². The predicted octanol–water partition coefficient (Wildman–Crippen LogP) is 3.73. The minimum atomic E-state index is 0.609. The second-order valence-corrected chi connectivity index (χ2v) is 6.11. The van der Waals surface area contributed by atoms with Gasteiger partial charge in [0.15, 0.2) is 0 Å². The maximum absolute atomic E-state index is 4.77. The number of fused-ring (bicyclic) bond motifs is 1. The summed E-state index contributed by atoms with van der Waals surface area (Å²) in [5, 5.41) is 3.64. The lowest BCUT2D eigenvalue weighted by Crippen LogP contribution is -2.25. The van der Waals surface area contributed by atoms with E-state index in [1.807, 2.05) is 0 Å². The van der Waals surface area contributed by atoms with Gasteiger partial charge in [0.1, 0.15) is 5.82 Å². The van der Waals surface area contributed by atoms with Crippen molar-refractivity contribution in [3.05, 3.63) is 30.1 Å². The highest BCUT2D eigenvalue weighted by atomic mass is 15.1. The smallest absolute Gasteiger partial charge is 0.123 e. The number of hydrogen-bond donors (Lipinski definition) is 1. The first-order valence-electron chi connectivity index (χ1n) is 7.93. The maximum atomic E-state index is 4.77. The number of hydrogen-bond acceptors (Lipinski definition) is 2. The number of aromatic nitrogens is 2. The van der Waals surface area contributed by atoms with Crippen LogP contribution in [0.5, 0.6) is 0 Å². The van der Waals surface area contributed by atoms with E-state index in [9.17, 15) is 0 Å². The second kappa shape index (κ2) is 5.57. The summed E-state index contributed by atoms with van der Waals surface area (Å²) in [5.74, 6) is 1.17. The molecule has 1 aliphatic rings. The first-order valence-corrected chi connectivity index (χ1v) is 7.93. The van der Waals surface area contributed by atoms with Gasteiger partial charge in [-0.25, -0.2) is 4.98 Å². The zero-order chi connectivity index (χ0) is 14.0. The average Bonchev–Trinajstić information content (AvgIpc) is 3.12. The Kier molecular flexibility index (Phi) is 3.79. The van der Waals surface area contributed by atoms with Gasteiger partial charge in [-0.15, -0.1) is 0 Å². The van der Waals surface area contributed by atoms with Crippen molar-refractivity contribution >= 4 is 11.0 Å². The predicted molar refractivity (Wildman–Crippen MR) is 83.7 cm³/mol. The number of benzene rings is 1. The molecule has 1 fully saturated rings. The lowest BCUT2D eigenvalue weighted by atomic mass is 10.0. The van der Waals surface area contributed by atoms with Crippen molar-refractivity contribution in [1.29, 1.82) is 0 Å². The maximum Gasteiger partial charge on any atom is 0.123 e. The Morgan fingerprint density at radius 3 is 2.75 bits per heavy atom. The summed E-state index contributed by atoms with van der Waals surface area (Å²) in [6, 6.07) is 8.42. The fourth-order valence-electron chi connectivity index (χ4n) is 3.27. The summed E-state index contributed by atoms with van der Waals surface area (Å²) in [6.45, 7) is 7.49. The topological polar surface area (TPSA) is 29.9 Å². The molecule has 3 rings (SSSR count). The van der Waals surface area contributed by atoms with Crippen LogP contribution >= 0.6 is 0 Å². The van der Waals surface area contributed by atoms with Crippen molar-refractivity contribution in [2.24, 2.45) is 5.41 Å². The van der Waals surface area contributed by atoms with Crippen LogP contribution in [0.25, 0.3) is 11.0 Å². The van der Waals surface area contributed by atoms with Crippen LogP contribution in [0.3, 0.4) is 0 Å². The molecule has 0 atom stereocenters. The highest BCUT2D eigenvalue weighted by Gasteiger charge is 2.40. The molecule has 0 unspecified atom stereocenters. The molecule has 1 aliphatic carbocycles. The van der Waals surface area contributed by atoms with E-state index in [-0.39, 0.29) is 0 Å². The van der Waals surface area contributed by atoms with Gasteiger partial charge in [-0.3, -0.25) is 0 Å². The molecule has 1 aromatic carbocycles. The van der Waals surface area contributed by atoms with Crippen LogP contribution in [-0.4, -0.2) is 16.1 Å². The van der Waals surface area contributed by atoms with Crippen LogP contribution in [-0.2, 0) is 13.1 Å². The van der Waals surface area contributed by atoms with Gasteiger partial charge in [0.05, 0.1) is 17.6 Å². The van der Waals surface area contributed by atoms with E-state index in [0.29, 0.717) is 5.41 Å². The number of aryl methyl sites for hydroxylation is 1. The summed E-state index contributed by atoms with van der Waals surface area (Å²) in [6.07, 6.45) is 5.47. The van der Waals surface area contributed by atoms with E-state index in [2.05, 4.69) is 48.0 Å². The van der Waals surface area contributed by atoms with E-state index < -0.39 is 0 Å². The minimum absolute atomic E-state index is 0.609. The number of nitrogens with zero attached hydrogens (tertiary/aromatic N) is 2. The largest absolute Gasteiger partial charge is 0.327 e. The first kappa shape index (κ1) is 13.6. The Balaban J connectivity index is 1.68. The number of rotatable bonds is 7. The van der Waals surface area contributed by atoms with Gasteiger partial charge in [-0.2, -0.15) is 0 Å². The summed E-state index contributed by atoms with van der Waals surface area (Å²) in [4.78, 5) is 4.77. The first-order chi connectivity index (χ1) is 9.78. The molecule has 0 spiro atoms. The van der Waals surface area contributed by atoms with Gasteiger partial charge < -0.3 is 9.88 Å². The molecule has 0 amide bonds. The molecular weight excluding hydrogens is 246 g/mol. The Hall–Kier alpha value is -1.35. The molecule has 3 heteroatoms. The van der Waals surface area contributed by atoms with Gasteiger partial charge in [0.2, 0.25) is 0 Å². The second-order valence-electron chi connectivity index (χ2n) is 6.11. The van der Waals surface area contributed by atoms with E-state index in [0.717, 1.165) is 25.2 Å². The number of para-hydroxylation sites is 2. The molecule has 2 aromatic rings. The number of imidazole rings is 1. The Labute approximate surface area is 121 Å². The van der Waals surface area contributed by atoms with Crippen molar-refractivity contribution in [1.82, 2.24) is 14.9 Å². The molecule has 1 saturated carbocycles. The number of nitrogens with one attached hydrogen (secondary N) is 1. The standard InChI is InChI=1S/C17H25N3/c1-3-9-17(10-11-17)13-18-12-16-19-14-7-5-6-8-15(14)20(16)4-2/h5-8,18H,3-4,9-13H2,1-2H3. The minimum Gasteiger partial charge on any atom is -0.327 e. The highest BCUT2D eigenvalue weighted by Crippen LogP contribution is 2.48. The molecule has 1 N–H and O–H groups in total. The van der Waals surface area contributed by atoms with Crippen LogP contribution in [0.1, 0.15) is 45.4 Å². The summed E-state index contributed by atoms with van der Waals surface area (Å²) in [7, 11) is 0. The van der Waals surface area contributed by atoms with Crippen molar-refractivity contribution in [3.8, 4) is 0 Å². The third kappa shape index (κ3) is 2.59. The van der Waals surface area contributed by atoms with E-state index in [1.54, 1.807) is 0 Å². The van der Waals surface area contributed by atoms with E-state index >= 15 is 0 Å². The molecule has 1 aromatic heterocycles. The Bertz CT molecular complexity index is 581.